The van der Waals surface area contributed by atoms with Crippen molar-refractivity contribution in [1.29, 1.82) is 0 Å². The summed E-state index contributed by atoms with van der Waals surface area (Å²) in [6, 6.07) is 3.16. The summed E-state index contributed by atoms with van der Waals surface area (Å²) in [4.78, 5) is 16.6. The van der Waals surface area contributed by atoms with Crippen LogP contribution in [0.1, 0.15) is 12.5 Å². The minimum Gasteiger partial charge on any atom is -0.434 e. The molecule has 9 heteroatoms. The van der Waals surface area contributed by atoms with Gasteiger partial charge in [0.05, 0.1) is 12.7 Å². The quantitative estimate of drug-likeness (QED) is 0.717. The average Bonchev–Trinajstić information content (AvgIpc) is 2.96. The Hall–Kier alpha value is -2.84. The predicted octanol–water partition coefficient (Wildman–Crippen LogP) is 2.40. The smallest absolute Gasteiger partial charge is 0.387 e. The Balaban J connectivity index is 2.02. The van der Waals surface area contributed by atoms with Gasteiger partial charge in [-0.25, -0.2) is 14.1 Å². The van der Waals surface area contributed by atoms with Crippen LogP contribution < -0.4 is 10.3 Å². The third kappa shape index (κ3) is 2.97. The molecule has 2 aromatic heterocycles. The zero-order chi connectivity index (χ0) is 17.3. The number of nitrogens with zero attached hydrogens (tertiary/aromatic N) is 4. The third-order valence-corrected chi connectivity index (χ3v) is 3.50. The van der Waals surface area contributed by atoms with Crippen LogP contribution in [0.4, 0.5) is 13.2 Å². The van der Waals surface area contributed by atoms with Crippen LogP contribution in [0.25, 0.3) is 11.0 Å². The standard InChI is InChI=1S/C15H13F3N4O2/c1-2-22-13-11(6-20-22)14(23)21(8-19-13)7-9-5-10(16)3-4-12(9)24-15(17)18/h3-6,8,15H,2,7H2,1H3. The second-order valence-corrected chi connectivity index (χ2v) is 5.01. The molecule has 2 heterocycles. The molecule has 6 nitrogen and oxygen atoms in total. The summed E-state index contributed by atoms with van der Waals surface area (Å²) in [5, 5.41) is 4.35. The number of rotatable bonds is 5. The molecule has 0 bridgehead atoms. The van der Waals surface area contributed by atoms with Crippen LogP contribution in [0, 0.1) is 5.82 Å². The number of hydrogen-bond acceptors (Lipinski definition) is 4. The minimum atomic E-state index is -3.05. The highest BCUT2D eigenvalue weighted by atomic mass is 19.3. The maximum absolute atomic E-state index is 13.4. The molecular formula is C15H13F3N4O2. The molecule has 3 aromatic rings. The molecule has 0 aliphatic heterocycles. The van der Waals surface area contributed by atoms with E-state index in [9.17, 15) is 18.0 Å². The van der Waals surface area contributed by atoms with E-state index >= 15 is 0 Å². The van der Waals surface area contributed by atoms with Crippen molar-refractivity contribution >= 4 is 11.0 Å². The van der Waals surface area contributed by atoms with E-state index in [2.05, 4.69) is 14.8 Å². The summed E-state index contributed by atoms with van der Waals surface area (Å²) in [5.41, 5.74) is 0.149. The summed E-state index contributed by atoms with van der Waals surface area (Å²) < 4.78 is 45.5. The fourth-order valence-corrected chi connectivity index (χ4v) is 2.41. The number of fused-ring (bicyclic) bond motifs is 1. The first-order valence-electron chi connectivity index (χ1n) is 7.13. The molecule has 0 amide bonds. The molecular weight excluding hydrogens is 325 g/mol. The van der Waals surface area contributed by atoms with Gasteiger partial charge < -0.3 is 4.74 Å². The molecule has 0 N–H and O–H groups in total. The maximum Gasteiger partial charge on any atom is 0.387 e. The van der Waals surface area contributed by atoms with Crippen molar-refractivity contribution in [2.75, 3.05) is 0 Å². The number of hydrogen-bond donors (Lipinski definition) is 0. The highest BCUT2D eigenvalue weighted by Gasteiger charge is 2.14. The van der Waals surface area contributed by atoms with Gasteiger partial charge in [0.1, 0.15) is 23.3 Å². The summed E-state index contributed by atoms with van der Waals surface area (Å²) in [6.45, 7) is -0.788. The van der Waals surface area contributed by atoms with Gasteiger partial charge in [-0.2, -0.15) is 13.9 Å². The van der Waals surface area contributed by atoms with Crippen LogP contribution in [0.2, 0.25) is 0 Å². The first kappa shape index (κ1) is 16.0. The average molecular weight is 338 g/mol. The number of aryl methyl sites for hydroxylation is 1. The normalized spacial score (nSPS) is 11.4. The van der Waals surface area contributed by atoms with Gasteiger partial charge >= 0.3 is 6.61 Å². The molecule has 0 saturated carbocycles. The Morgan fingerprint density at radius 1 is 1.33 bits per heavy atom. The number of ether oxygens (including phenoxy) is 1. The Bertz CT molecular complexity index is 936. The third-order valence-electron chi connectivity index (χ3n) is 3.50. The van der Waals surface area contributed by atoms with Crippen molar-refractivity contribution in [3.8, 4) is 5.75 Å². The minimum absolute atomic E-state index is 0.112. The van der Waals surface area contributed by atoms with E-state index < -0.39 is 18.0 Å². The van der Waals surface area contributed by atoms with E-state index in [1.807, 2.05) is 6.92 Å². The summed E-state index contributed by atoms with van der Waals surface area (Å²) >= 11 is 0. The molecule has 24 heavy (non-hydrogen) atoms. The molecule has 0 radical (unpaired) electrons. The van der Waals surface area contributed by atoms with Crippen molar-refractivity contribution in [3.63, 3.8) is 0 Å². The fraction of sp³-hybridized carbons (Fsp3) is 0.267. The van der Waals surface area contributed by atoms with E-state index in [1.165, 1.54) is 17.1 Å². The van der Waals surface area contributed by atoms with Gasteiger partial charge in [-0.3, -0.25) is 9.36 Å². The number of benzene rings is 1. The monoisotopic (exact) mass is 338 g/mol. The lowest BCUT2D eigenvalue weighted by atomic mass is 10.2. The molecule has 0 saturated heterocycles. The molecule has 126 valence electrons. The van der Waals surface area contributed by atoms with Crippen LogP contribution in [0.5, 0.6) is 5.75 Å². The Morgan fingerprint density at radius 2 is 2.12 bits per heavy atom. The number of alkyl halides is 2. The molecule has 0 unspecified atom stereocenters. The number of aromatic nitrogens is 4. The predicted molar refractivity (Wildman–Crippen MR) is 79.6 cm³/mol. The highest BCUT2D eigenvalue weighted by molar-refractivity contribution is 5.72. The van der Waals surface area contributed by atoms with Crippen molar-refractivity contribution in [2.24, 2.45) is 0 Å². The van der Waals surface area contributed by atoms with Gasteiger partial charge in [0, 0.05) is 12.1 Å². The van der Waals surface area contributed by atoms with Gasteiger partial charge in [0.2, 0.25) is 0 Å². The van der Waals surface area contributed by atoms with Gasteiger partial charge in [-0.15, -0.1) is 0 Å². The Labute approximate surface area is 134 Å². The van der Waals surface area contributed by atoms with E-state index in [0.717, 1.165) is 18.2 Å². The van der Waals surface area contributed by atoms with E-state index in [-0.39, 0.29) is 17.9 Å². The van der Waals surface area contributed by atoms with Crippen molar-refractivity contribution in [1.82, 2.24) is 19.3 Å². The van der Waals surface area contributed by atoms with Gasteiger partial charge in [0.15, 0.2) is 5.65 Å². The van der Waals surface area contributed by atoms with Crippen LogP contribution >= 0.6 is 0 Å². The van der Waals surface area contributed by atoms with E-state index in [1.54, 1.807) is 4.68 Å². The molecule has 3 rings (SSSR count). The lowest BCUT2D eigenvalue weighted by molar-refractivity contribution is -0.0505. The maximum atomic E-state index is 13.4. The zero-order valence-corrected chi connectivity index (χ0v) is 12.6. The molecule has 1 aromatic carbocycles. The topological polar surface area (TPSA) is 61.9 Å². The van der Waals surface area contributed by atoms with Crippen LogP contribution in [0.15, 0.2) is 35.5 Å². The van der Waals surface area contributed by atoms with E-state index in [0.29, 0.717) is 17.6 Å². The highest BCUT2D eigenvalue weighted by Crippen LogP contribution is 2.22. The van der Waals surface area contributed by atoms with Crippen molar-refractivity contribution in [3.05, 3.63) is 52.5 Å². The van der Waals surface area contributed by atoms with Crippen molar-refractivity contribution in [2.45, 2.75) is 26.6 Å². The number of halogens is 3. The fourth-order valence-electron chi connectivity index (χ4n) is 2.41. The molecule has 0 aliphatic carbocycles. The molecule has 0 spiro atoms. The van der Waals surface area contributed by atoms with E-state index in [4.69, 9.17) is 0 Å². The lowest BCUT2D eigenvalue weighted by Gasteiger charge is -2.12. The first-order valence-corrected chi connectivity index (χ1v) is 7.13. The lowest BCUT2D eigenvalue weighted by Crippen LogP contribution is -2.21. The molecule has 0 atom stereocenters. The molecule has 0 fully saturated rings. The zero-order valence-electron chi connectivity index (χ0n) is 12.6. The van der Waals surface area contributed by atoms with Gasteiger partial charge in [-0.05, 0) is 25.1 Å². The van der Waals surface area contributed by atoms with Gasteiger partial charge in [0.25, 0.3) is 5.56 Å². The van der Waals surface area contributed by atoms with Gasteiger partial charge in [-0.1, -0.05) is 0 Å². The molecule has 0 aliphatic rings. The SMILES string of the molecule is CCn1ncc2c(=O)n(Cc3cc(F)ccc3OC(F)F)cnc21. The van der Waals surface area contributed by atoms with Crippen LogP contribution in [-0.4, -0.2) is 25.9 Å². The second-order valence-electron chi connectivity index (χ2n) is 5.01. The summed E-state index contributed by atoms with van der Waals surface area (Å²) in [6.07, 6.45) is 2.67. The Morgan fingerprint density at radius 3 is 2.83 bits per heavy atom. The van der Waals surface area contributed by atoms with Crippen molar-refractivity contribution < 1.29 is 17.9 Å². The first-order chi connectivity index (χ1) is 11.5. The second kappa shape index (κ2) is 6.34. The largest absolute Gasteiger partial charge is 0.434 e. The summed E-state index contributed by atoms with van der Waals surface area (Å²) in [7, 11) is 0. The van der Waals surface area contributed by atoms with Crippen LogP contribution in [0.3, 0.4) is 0 Å². The Kier molecular flexibility index (Phi) is 4.24. The summed E-state index contributed by atoms with van der Waals surface area (Å²) in [5.74, 6) is -0.810. The van der Waals surface area contributed by atoms with Crippen LogP contribution in [-0.2, 0) is 13.1 Å².